The number of aryl methyl sites for hydroxylation is 2. The molecule has 0 spiro atoms. The number of aromatic nitrogens is 2. The van der Waals surface area contributed by atoms with Crippen molar-refractivity contribution in [2.75, 3.05) is 6.54 Å². The molecule has 1 aromatic carbocycles. The molecule has 24 heavy (non-hydrogen) atoms. The molecule has 0 radical (unpaired) electrons. The fraction of sp³-hybridized carbons (Fsp3) is 0.421. The van der Waals surface area contributed by atoms with Crippen LogP contribution in [0.3, 0.4) is 0 Å². The molecule has 0 saturated carbocycles. The zero-order chi connectivity index (χ0) is 16.9. The molecule has 5 nitrogen and oxygen atoms in total. The molecule has 0 N–H and O–H groups in total. The minimum Gasteiger partial charge on any atom is -0.337 e. The molecule has 5 heteroatoms. The number of hydrogen-bond acceptors (Lipinski definition) is 3. The molecule has 3 rings (SSSR count). The average molecular weight is 325 g/mol. The minimum atomic E-state index is -0.152. The minimum absolute atomic E-state index is 0.152. The number of imidazole rings is 1. The number of nitrogens with zero attached hydrogens (tertiary/aromatic N) is 3. The van der Waals surface area contributed by atoms with Gasteiger partial charge in [-0.3, -0.25) is 14.5 Å². The van der Waals surface area contributed by atoms with Crippen molar-refractivity contribution >= 4 is 11.8 Å². The number of unbranched alkanes of at least 4 members (excludes halogenated alkanes) is 3. The number of carbonyl (C=O) groups is 2. The quantitative estimate of drug-likeness (QED) is 0.553. The molecule has 2 heterocycles. The highest BCUT2D eigenvalue weighted by Gasteiger charge is 2.34. The van der Waals surface area contributed by atoms with Crippen molar-refractivity contribution in [3.63, 3.8) is 0 Å². The lowest BCUT2D eigenvalue weighted by Crippen LogP contribution is -2.30. The second-order valence-corrected chi connectivity index (χ2v) is 6.18. The topological polar surface area (TPSA) is 55.2 Å². The molecule has 0 aliphatic carbocycles. The van der Waals surface area contributed by atoms with E-state index in [1.54, 1.807) is 24.3 Å². The zero-order valence-corrected chi connectivity index (χ0v) is 14.1. The Bertz CT molecular complexity index is 701. The molecule has 0 atom stereocenters. The summed E-state index contributed by atoms with van der Waals surface area (Å²) < 4.78 is 2.13. The van der Waals surface area contributed by atoms with E-state index in [0.717, 1.165) is 44.3 Å². The van der Waals surface area contributed by atoms with Gasteiger partial charge in [0, 0.05) is 19.3 Å². The summed E-state index contributed by atoms with van der Waals surface area (Å²) in [7, 11) is 0. The summed E-state index contributed by atoms with van der Waals surface area (Å²) in [4.78, 5) is 30.2. The van der Waals surface area contributed by atoms with E-state index < -0.39 is 0 Å². The van der Waals surface area contributed by atoms with E-state index in [1.165, 1.54) is 4.90 Å². The Balaban J connectivity index is 1.38. The van der Waals surface area contributed by atoms with E-state index in [4.69, 9.17) is 0 Å². The van der Waals surface area contributed by atoms with Crippen LogP contribution in [0, 0.1) is 0 Å². The Kier molecular flexibility index (Phi) is 5.08. The SMILES string of the molecule is CCc1cn(CCCCCCN2C(=O)c3ccccc3C2=O)cn1. The first-order valence-corrected chi connectivity index (χ1v) is 8.66. The summed E-state index contributed by atoms with van der Waals surface area (Å²) in [5, 5.41) is 0. The number of rotatable bonds is 8. The average Bonchev–Trinajstić information content (AvgIpc) is 3.16. The highest BCUT2D eigenvalue weighted by atomic mass is 16.2. The number of carbonyl (C=O) groups excluding carboxylic acids is 2. The molecule has 2 amide bonds. The van der Waals surface area contributed by atoms with Gasteiger partial charge in [-0.25, -0.2) is 4.98 Å². The van der Waals surface area contributed by atoms with Crippen molar-refractivity contribution in [1.29, 1.82) is 0 Å². The number of fused-ring (bicyclic) bond motifs is 1. The summed E-state index contributed by atoms with van der Waals surface area (Å²) in [5.74, 6) is -0.303. The van der Waals surface area contributed by atoms with Crippen molar-refractivity contribution < 1.29 is 9.59 Å². The second-order valence-electron chi connectivity index (χ2n) is 6.18. The lowest BCUT2D eigenvalue weighted by molar-refractivity contribution is 0.0651. The molecule has 1 aliphatic heterocycles. The van der Waals surface area contributed by atoms with Crippen LogP contribution in [0.4, 0.5) is 0 Å². The lowest BCUT2D eigenvalue weighted by atomic mass is 10.1. The maximum absolute atomic E-state index is 12.2. The van der Waals surface area contributed by atoms with Crippen LogP contribution in [0.1, 0.15) is 59.0 Å². The van der Waals surface area contributed by atoms with Gasteiger partial charge in [0.05, 0.1) is 23.1 Å². The largest absolute Gasteiger partial charge is 0.337 e. The molecule has 1 aromatic heterocycles. The monoisotopic (exact) mass is 325 g/mol. The maximum atomic E-state index is 12.2. The first-order valence-electron chi connectivity index (χ1n) is 8.66. The second kappa shape index (κ2) is 7.43. The van der Waals surface area contributed by atoms with Gasteiger partial charge in [-0.1, -0.05) is 31.9 Å². The van der Waals surface area contributed by atoms with Gasteiger partial charge in [-0.15, -0.1) is 0 Å². The van der Waals surface area contributed by atoms with Crippen molar-refractivity contribution in [3.8, 4) is 0 Å². The van der Waals surface area contributed by atoms with Gasteiger partial charge < -0.3 is 4.57 Å². The zero-order valence-electron chi connectivity index (χ0n) is 14.1. The Morgan fingerprint density at radius 3 is 2.12 bits per heavy atom. The summed E-state index contributed by atoms with van der Waals surface area (Å²) in [6, 6.07) is 7.05. The standard InChI is InChI=1S/C19H23N3O2/c1-2-15-13-21(14-20-15)11-7-3-4-8-12-22-18(23)16-9-5-6-10-17(16)19(22)24/h5-6,9-10,13-14H,2-4,7-8,11-12H2,1H3. The lowest BCUT2D eigenvalue weighted by Gasteiger charge is -2.13. The van der Waals surface area contributed by atoms with Crippen molar-refractivity contribution in [1.82, 2.24) is 14.5 Å². The molecule has 0 fully saturated rings. The molecule has 0 bridgehead atoms. The van der Waals surface area contributed by atoms with Gasteiger partial charge in [-0.2, -0.15) is 0 Å². The summed E-state index contributed by atoms with van der Waals surface area (Å²) in [5.41, 5.74) is 2.20. The Morgan fingerprint density at radius 2 is 1.54 bits per heavy atom. The van der Waals surface area contributed by atoms with Crippen LogP contribution in [0.25, 0.3) is 0 Å². The van der Waals surface area contributed by atoms with Crippen LogP contribution >= 0.6 is 0 Å². The summed E-state index contributed by atoms with van der Waals surface area (Å²) in [6.07, 6.45) is 8.99. The number of hydrogen-bond donors (Lipinski definition) is 0. The predicted molar refractivity (Wildman–Crippen MR) is 91.9 cm³/mol. The van der Waals surface area contributed by atoms with E-state index in [0.29, 0.717) is 17.7 Å². The van der Waals surface area contributed by atoms with E-state index in [1.807, 2.05) is 6.33 Å². The van der Waals surface area contributed by atoms with E-state index in [9.17, 15) is 9.59 Å². The van der Waals surface area contributed by atoms with Gasteiger partial charge in [-0.05, 0) is 31.4 Å². The number of imide groups is 1. The summed E-state index contributed by atoms with van der Waals surface area (Å²) in [6.45, 7) is 3.59. The third kappa shape index (κ3) is 3.40. The van der Waals surface area contributed by atoms with Gasteiger partial charge in [0.2, 0.25) is 0 Å². The highest BCUT2D eigenvalue weighted by Crippen LogP contribution is 2.22. The van der Waals surface area contributed by atoms with Gasteiger partial charge in [0.25, 0.3) is 11.8 Å². The molecule has 2 aromatic rings. The van der Waals surface area contributed by atoms with Crippen molar-refractivity contribution in [3.05, 3.63) is 53.6 Å². The van der Waals surface area contributed by atoms with Gasteiger partial charge in [0.1, 0.15) is 0 Å². The molecular formula is C19H23N3O2. The highest BCUT2D eigenvalue weighted by molar-refractivity contribution is 6.21. The third-order valence-electron chi connectivity index (χ3n) is 4.48. The normalized spacial score (nSPS) is 13.6. The van der Waals surface area contributed by atoms with Crippen LogP contribution in [-0.4, -0.2) is 32.8 Å². The number of amides is 2. The third-order valence-corrected chi connectivity index (χ3v) is 4.48. The first-order chi connectivity index (χ1) is 11.7. The Morgan fingerprint density at radius 1 is 0.917 bits per heavy atom. The Labute approximate surface area is 142 Å². The van der Waals surface area contributed by atoms with E-state index >= 15 is 0 Å². The van der Waals surface area contributed by atoms with Gasteiger partial charge >= 0.3 is 0 Å². The van der Waals surface area contributed by atoms with Crippen LogP contribution in [0.2, 0.25) is 0 Å². The van der Waals surface area contributed by atoms with E-state index in [-0.39, 0.29) is 11.8 Å². The van der Waals surface area contributed by atoms with Crippen LogP contribution < -0.4 is 0 Å². The molecule has 0 unspecified atom stereocenters. The molecular weight excluding hydrogens is 302 g/mol. The Hall–Kier alpha value is -2.43. The van der Waals surface area contributed by atoms with Crippen LogP contribution in [0.5, 0.6) is 0 Å². The van der Waals surface area contributed by atoms with Crippen LogP contribution in [-0.2, 0) is 13.0 Å². The first kappa shape index (κ1) is 16.4. The van der Waals surface area contributed by atoms with E-state index in [2.05, 4.69) is 22.7 Å². The fourth-order valence-electron chi connectivity index (χ4n) is 3.07. The number of benzene rings is 1. The van der Waals surface area contributed by atoms with Gasteiger partial charge in [0.15, 0.2) is 0 Å². The smallest absolute Gasteiger partial charge is 0.261 e. The van der Waals surface area contributed by atoms with Crippen molar-refractivity contribution in [2.24, 2.45) is 0 Å². The predicted octanol–water partition coefficient (Wildman–Crippen LogP) is 3.30. The fourth-order valence-corrected chi connectivity index (χ4v) is 3.07. The van der Waals surface area contributed by atoms with Crippen LogP contribution in [0.15, 0.2) is 36.8 Å². The molecule has 126 valence electrons. The molecule has 1 aliphatic rings. The van der Waals surface area contributed by atoms with Crippen molar-refractivity contribution in [2.45, 2.75) is 45.6 Å². The maximum Gasteiger partial charge on any atom is 0.261 e. The molecule has 0 saturated heterocycles. The summed E-state index contributed by atoms with van der Waals surface area (Å²) >= 11 is 0.